The minimum absolute atomic E-state index is 0.0226. The number of nitrogens with one attached hydrogen (secondary N) is 2. The molecule has 0 saturated carbocycles. The zero-order chi connectivity index (χ0) is 18.1. The molecule has 1 fully saturated rings. The molecule has 1 aliphatic heterocycles. The van der Waals surface area contributed by atoms with Gasteiger partial charge in [0.1, 0.15) is 0 Å². The van der Waals surface area contributed by atoms with Crippen LogP contribution in [-0.2, 0) is 9.47 Å². The van der Waals surface area contributed by atoms with Crippen LogP contribution in [0.4, 0.5) is 0 Å². The first-order chi connectivity index (χ1) is 12.1. The van der Waals surface area contributed by atoms with E-state index in [0.717, 1.165) is 57.2 Å². The molecule has 1 aliphatic rings. The maximum absolute atomic E-state index is 6.26. The molecule has 0 aromatic heterocycles. The molecule has 2 N–H and O–H groups in total. The summed E-state index contributed by atoms with van der Waals surface area (Å²) in [6.45, 7) is 5.20. The maximum atomic E-state index is 6.26. The van der Waals surface area contributed by atoms with Gasteiger partial charge in [-0.1, -0.05) is 29.3 Å². The van der Waals surface area contributed by atoms with Gasteiger partial charge in [-0.05, 0) is 43.9 Å². The molecule has 1 heterocycles. The highest BCUT2D eigenvalue weighted by atomic mass is 35.5. The highest BCUT2D eigenvalue weighted by Crippen LogP contribution is 2.25. The van der Waals surface area contributed by atoms with Crippen LogP contribution in [0.15, 0.2) is 23.2 Å². The van der Waals surface area contributed by atoms with E-state index in [1.165, 1.54) is 0 Å². The molecule has 0 aliphatic carbocycles. The summed E-state index contributed by atoms with van der Waals surface area (Å²) in [5, 5.41) is 7.92. The number of halogens is 2. The first-order valence-electron chi connectivity index (χ1n) is 8.71. The Kier molecular flexibility index (Phi) is 8.82. The van der Waals surface area contributed by atoms with Crippen LogP contribution in [0, 0.1) is 0 Å². The second kappa shape index (κ2) is 10.9. The molecular formula is C18H27Cl2N3O2. The summed E-state index contributed by atoms with van der Waals surface area (Å²) in [7, 11) is 1.75. The van der Waals surface area contributed by atoms with Gasteiger partial charge in [0.25, 0.3) is 0 Å². The van der Waals surface area contributed by atoms with E-state index in [1.54, 1.807) is 13.1 Å². The van der Waals surface area contributed by atoms with Gasteiger partial charge in [0.05, 0.1) is 12.1 Å². The highest BCUT2D eigenvalue weighted by Gasteiger charge is 2.14. The molecule has 5 nitrogen and oxygen atoms in total. The number of guanidine groups is 1. The van der Waals surface area contributed by atoms with Gasteiger partial charge in [-0.25, -0.2) is 0 Å². The molecule has 1 unspecified atom stereocenters. The molecular weight excluding hydrogens is 361 g/mol. The Bertz CT molecular complexity index is 563. The Morgan fingerprint density at radius 3 is 2.80 bits per heavy atom. The third kappa shape index (κ3) is 7.02. The average molecular weight is 388 g/mol. The molecule has 0 radical (unpaired) electrons. The normalized spacial score (nSPS) is 17.4. The molecule has 1 aromatic rings. The highest BCUT2D eigenvalue weighted by molar-refractivity contribution is 6.35. The molecule has 1 aromatic carbocycles. The third-order valence-electron chi connectivity index (χ3n) is 4.14. The summed E-state index contributed by atoms with van der Waals surface area (Å²) in [6.07, 6.45) is 3.26. The lowest BCUT2D eigenvalue weighted by molar-refractivity contribution is -0.0320. The fourth-order valence-corrected chi connectivity index (χ4v) is 3.27. The SMILES string of the molecule is CN=C(NCCCOC1CCOCC1)NC(C)c1ccc(Cl)cc1Cl. The lowest BCUT2D eigenvalue weighted by atomic mass is 10.1. The van der Waals surface area contributed by atoms with Gasteiger partial charge in [0.2, 0.25) is 0 Å². The van der Waals surface area contributed by atoms with Gasteiger partial charge < -0.3 is 20.1 Å². The standard InChI is InChI=1S/C18H27Cl2N3O2/c1-13(16-5-4-14(19)12-17(16)20)23-18(21-2)22-8-3-9-25-15-6-10-24-11-7-15/h4-5,12-13,15H,3,6-11H2,1-2H3,(H2,21,22,23). The number of aliphatic imine (C=N–C) groups is 1. The van der Waals surface area contributed by atoms with Gasteiger partial charge in [0, 0.05) is 43.5 Å². The van der Waals surface area contributed by atoms with Crippen molar-refractivity contribution < 1.29 is 9.47 Å². The molecule has 140 valence electrons. The lowest BCUT2D eigenvalue weighted by Gasteiger charge is -2.22. The van der Waals surface area contributed by atoms with E-state index in [0.29, 0.717) is 16.1 Å². The van der Waals surface area contributed by atoms with Crippen molar-refractivity contribution in [2.45, 2.75) is 38.3 Å². The molecule has 7 heteroatoms. The fourth-order valence-electron chi connectivity index (χ4n) is 2.70. The molecule has 0 spiro atoms. The lowest BCUT2D eigenvalue weighted by Crippen LogP contribution is -2.39. The largest absolute Gasteiger partial charge is 0.381 e. The van der Waals surface area contributed by atoms with Crippen molar-refractivity contribution in [2.75, 3.05) is 33.4 Å². The summed E-state index contributed by atoms with van der Waals surface area (Å²) in [5.74, 6) is 0.740. The predicted molar refractivity (Wildman–Crippen MR) is 104 cm³/mol. The number of benzene rings is 1. The quantitative estimate of drug-likeness (QED) is 0.424. The van der Waals surface area contributed by atoms with E-state index in [2.05, 4.69) is 15.6 Å². The average Bonchev–Trinajstić information content (AvgIpc) is 2.61. The van der Waals surface area contributed by atoms with E-state index in [9.17, 15) is 0 Å². The van der Waals surface area contributed by atoms with Gasteiger partial charge >= 0.3 is 0 Å². The van der Waals surface area contributed by atoms with Crippen molar-refractivity contribution in [2.24, 2.45) is 4.99 Å². The van der Waals surface area contributed by atoms with E-state index in [-0.39, 0.29) is 6.04 Å². The molecule has 1 atom stereocenters. The second-order valence-corrected chi connectivity index (χ2v) is 6.91. The van der Waals surface area contributed by atoms with Crippen LogP contribution in [0.3, 0.4) is 0 Å². The summed E-state index contributed by atoms with van der Waals surface area (Å²) in [6, 6.07) is 5.54. The number of ether oxygens (including phenoxy) is 2. The first kappa shape index (κ1) is 20.3. The zero-order valence-electron chi connectivity index (χ0n) is 14.9. The number of hydrogen-bond donors (Lipinski definition) is 2. The topological polar surface area (TPSA) is 54.9 Å². The van der Waals surface area contributed by atoms with Crippen LogP contribution in [0.25, 0.3) is 0 Å². The Hall–Kier alpha value is -1.01. The van der Waals surface area contributed by atoms with Crippen LogP contribution in [0.5, 0.6) is 0 Å². The minimum Gasteiger partial charge on any atom is -0.381 e. The molecule has 0 bridgehead atoms. The van der Waals surface area contributed by atoms with Gasteiger partial charge in [-0.2, -0.15) is 0 Å². The van der Waals surface area contributed by atoms with Crippen molar-refractivity contribution in [3.63, 3.8) is 0 Å². The Labute approximate surface area is 160 Å². The van der Waals surface area contributed by atoms with E-state index in [1.807, 2.05) is 19.1 Å². The maximum Gasteiger partial charge on any atom is 0.191 e. The summed E-state index contributed by atoms with van der Waals surface area (Å²) in [4.78, 5) is 4.26. The van der Waals surface area contributed by atoms with Crippen LogP contribution in [0.2, 0.25) is 10.0 Å². The van der Waals surface area contributed by atoms with Crippen LogP contribution in [0.1, 0.15) is 37.8 Å². The number of nitrogens with zero attached hydrogens (tertiary/aromatic N) is 1. The van der Waals surface area contributed by atoms with Crippen LogP contribution in [-0.4, -0.2) is 45.5 Å². The van der Waals surface area contributed by atoms with Crippen LogP contribution < -0.4 is 10.6 Å². The molecule has 25 heavy (non-hydrogen) atoms. The third-order valence-corrected chi connectivity index (χ3v) is 4.70. The van der Waals surface area contributed by atoms with Gasteiger partial charge in [0.15, 0.2) is 5.96 Å². The van der Waals surface area contributed by atoms with Crippen molar-refractivity contribution in [1.82, 2.24) is 10.6 Å². The Morgan fingerprint density at radius 2 is 2.12 bits per heavy atom. The summed E-state index contributed by atoms with van der Waals surface area (Å²) < 4.78 is 11.2. The second-order valence-electron chi connectivity index (χ2n) is 6.07. The van der Waals surface area contributed by atoms with Crippen molar-refractivity contribution in [1.29, 1.82) is 0 Å². The van der Waals surface area contributed by atoms with E-state index >= 15 is 0 Å². The number of hydrogen-bond acceptors (Lipinski definition) is 3. The van der Waals surface area contributed by atoms with E-state index < -0.39 is 0 Å². The zero-order valence-corrected chi connectivity index (χ0v) is 16.4. The molecule has 1 saturated heterocycles. The molecule has 0 amide bonds. The van der Waals surface area contributed by atoms with Gasteiger partial charge in [-0.15, -0.1) is 0 Å². The Morgan fingerprint density at radius 1 is 1.36 bits per heavy atom. The molecule has 2 rings (SSSR count). The van der Waals surface area contributed by atoms with E-state index in [4.69, 9.17) is 32.7 Å². The smallest absolute Gasteiger partial charge is 0.191 e. The van der Waals surface area contributed by atoms with Crippen LogP contribution >= 0.6 is 23.2 Å². The summed E-state index contributed by atoms with van der Waals surface area (Å²) in [5.41, 5.74) is 0.983. The summed E-state index contributed by atoms with van der Waals surface area (Å²) >= 11 is 12.2. The predicted octanol–water partition coefficient (Wildman–Crippen LogP) is 3.81. The minimum atomic E-state index is 0.0226. The Balaban J connectivity index is 1.69. The van der Waals surface area contributed by atoms with Crippen molar-refractivity contribution in [3.05, 3.63) is 33.8 Å². The van der Waals surface area contributed by atoms with Gasteiger partial charge in [-0.3, -0.25) is 4.99 Å². The van der Waals surface area contributed by atoms with Crippen molar-refractivity contribution >= 4 is 29.2 Å². The fraction of sp³-hybridized carbons (Fsp3) is 0.611. The monoisotopic (exact) mass is 387 g/mol. The van der Waals surface area contributed by atoms with Crippen molar-refractivity contribution in [3.8, 4) is 0 Å². The first-order valence-corrected chi connectivity index (χ1v) is 9.47. The number of rotatable bonds is 7.